The van der Waals surface area contributed by atoms with E-state index < -0.39 is 14.8 Å². The van der Waals surface area contributed by atoms with Gasteiger partial charge in [0.2, 0.25) is 14.8 Å². The summed E-state index contributed by atoms with van der Waals surface area (Å²) in [6.07, 6.45) is 1.96. The molecule has 1 saturated heterocycles. The molecule has 1 unspecified atom stereocenters. The molecule has 1 fully saturated rings. The van der Waals surface area contributed by atoms with Crippen molar-refractivity contribution >= 4 is 27.9 Å². The van der Waals surface area contributed by atoms with E-state index in [4.69, 9.17) is 21.1 Å². The second-order valence-electron chi connectivity index (χ2n) is 9.57. The molecule has 3 aromatic carbocycles. The van der Waals surface area contributed by atoms with E-state index in [1.165, 1.54) is 12.1 Å². The van der Waals surface area contributed by atoms with Crippen molar-refractivity contribution in [2.75, 3.05) is 13.1 Å². The Kier molecular flexibility index (Phi) is 8.90. The van der Waals surface area contributed by atoms with Gasteiger partial charge in [0.15, 0.2) is 0 Å². The summed E-state index contributed by atoms with van der Waals surface area (Å²) in [5, 5.41) is 3.96. The molecule has 0 aromatic heterocycles. The number of ether oxygens (including phenoxy) is 2. The third-order valence-corrected chi connectivity index (χ3v) is 9.39. The molecule has 0 radical (unpaired) electrons. The highest BCUT2D eigenvalue weighted by molar-refractivity contribution is 7.92. The number of sulfone groups is 1. The maximum absolute atomic E-state index is 14.2. The lowest BCUT2D eigenvalue weighted by atomic mass is 9.89. The Hall–Kier alpha value is -2.87. The molecule has 0 aliphatic carbocycles. The molecule has 6 nitrogen and oxygen atoms in total. The largest absolute Gasteiger partial charge is 0.489 e. The molecule has 4 rings (SSSR count). The quantitative estimate of drug-likeness (QED) is 0.323. The predicted molar refractivity (Wildman–Crippen MR) is 144 cm³/mol. The number of hydrogen-bond donors (Lipinski definition) is 1. The van der Waals surface area contributed by atoms with E-state index in [2.05, 4.69) is 5.32 Å². The first-order valence-electron chi connectivity index (χ1n) is 12.4. The lowest BCUT2D eigenvalue weighted by Gasteiger charge is -2.36. The highest BCUT2D eigenvalue weighted by Crippen LogP contribution is 2.38. The van der Waals surface area contributed by atoms with E-state index >= 15 is 0 Å². The van der Waals surface area contributed by atoms with Gasteiger partial charge < -0.3 is 14.8 Å². The average molecular weight is 542 g/mol. The topological polar surface area (TPSA) is 81.7 Å². The van der Waals surface area contributed by atoms with E-state index in [-0.39, 0.29) is 30.1 Å². The second kappa shape index (κ2) is 12.1. The fourth-order valence-corrected chi connectivity index (χ4v) is 6.77. The molecule has 0 amide bonds. The van der Waals surface area contributed by atoms with Gasteiger partial charge in [-0.15, -0.1) is 0 Å². The average Bonchev–Trinajstić information content (AvgIpc) is 2.90. The number of hydrogen-bond acceptors (Lipinski definition) is 6. The molecule has 196 valence electrons. The summed E-state index contributed by atoms with van der Waals surface area (Å²) in [4.78, 5) is 10.1. The SMILES string of the molecule is Cc1ccc(CC(CC2CCNCC2)(OC=O)S(=O)(=O)c2ccc(OCc3ccc(Cl)cc3)cc2)cc1. The van der Waals surface area contributed by atoms with Crippen LogP contribution < -0.4 is 10.1 Å². The fourth-order valence-electron chi connectivity index (χ4n) is 4.74. The molecular formula is C29H32ClNO5S. The Morgan fingerprint density at radius 2 is 1.57 bits per heavy atom. The minimum atomic E-state index is -4.07. The summed E-state index contributed by atoms with van der Waals surface area (Å²) < 4.78 is 39.7. The van der Waals surface area contributed by atoms with E-state index in [9.17, 15) is 13.2 Å². The molecular weight excluding hydrogens is 510 g/mol. The van der Waals surface area contributed by atoms with Gasteiger partial charge in [0.25, 0.3) is 6.47 Å². The summed E-state index contributed by atoms with van der Waals surface area (Å²) in [5.74, 6) is 0.649. The van der Waals surface area contributed by atoms with Gasteiger partial charge >= 0.3 is 0 Å². The lowest BCUT2D eigenvalue weighted by Crippen LogP contribution is -2.46. The van der Waals surface area contributed by atoms with Crippen LogP contribution in [0.4, 0.5) is 0 Å². The summed E-state index contributed by atoms with van der Waals surface area (Å²) in [6.45, 7) is 4.19. The number of rotatable bonds is 11. The Morgan fingerprint density at radius 1 is 0.946 bits per heavy atom. The molecule has 3 aromatic rings. The van der Waals surface area contributed by atoms with Crippen LogP contribution in [0.25, 0.3) is 0 Å². The molecule has 37 heavy (non-hydrogen) atoms. The normalized spacial score (nSPS) is 16.1. The Labute approximate surface area is 223 Å². The van der Waals surface area contributed by atoms with Crippen LogP contribution in [0.5, 0.6) is 5.75 Å². The lowest BCUT2D eigenvalue weighted by molar-refractivity contribution is -0.137. The van der Waals surface area contributed by atoms with Gasteiger partial charge in [-0.3, -0.25) is 4.79 Å². The zero-order chi connectivity index (χ0) is 26.3. The molecule has 0 saturated carbocycles. The van der Waals surface area contributed by atoms with Gasteiger partial charge in [0.05, 0.1) is 4.90 Å². The molecule has 0 spiro atoms. The maximum atomic E-state index is 14.2. The summed E-state index contributed by atoms with van der Waals surface area (Å²) >= 11 is 5.93. The number of piperidine rings is 1. The number of nitrogens with one attached hydrogen (secondary N) is 1. The molecule has 1 atom stereocenters. The van der Waals surface area contributed by atoms with E-state index in [1.54, 1.807) is 24.3 Å². The molecule has 1 aliphatic heterocycles. The Morgan fingerprint density at radius 3 is 2.19 bits per heavy atom. The van der Waals surface area contributed by atoms with Crippen molar-refractivity contribution in [3.05, 3.63) is 94.5 Å². The standard InChI is InChI=1S/C29H32ClNO5S/c1-22-2-4-23(5-3-22)18-29(36-21-32,19-24-14-16-31-17-15-24)37(33,34)28-12-10-27(11-13-28)35-20-25-6-8-26(30)9-7-25/h2-13,21,24,31H,14-20H2,1H3. The third-order valence-electron chi connectivity index (χ3n) is 6.86. The molecule has 1 heterocycles. The number of benzene rings is 3. The van der Waals surface area contributed by atoms with Gasteiger partial charge in [-0.1, -0.05) is 53.6 Å². The van der Waals surface area contributed by atoms with Crippen molar-refractivity contribution in [1.29, 1.82) is 0 Å². The minimum Gasteiger partial charge on any atom is -0.489 e. The van der Waals surface area contributed by atoms with E-state index in [0.29, 0.717) is 17.4 Å². The first kappa shape index (κ1) is 27.2. The minimum absolute atomic E-state index is 0.0765. The zero-order valence-corrected chi connectivity index (χ0v) is 22.4. The van der Waals surface area contributed by atoms with Crippen LogP contribution in [0, 0.1) is 12.8 Å². The van der Waals surface area contributed by atoms with E-state index in [0.717, 1.165) is 42.6 Å². The smallest absolute Gasteiger partial charge is 0.294 e. The summed E-state index contributed by atoms with van der Waals surface area (Å²) in [5.41, 5.74) is 2.81. The van der Waals surface area contributed by atoms with Crippen molar-refractivity contribution in [3.63, 3.8) is 0 Å². The Bertz CT molecular complexity index is 1270. The van der Waals surface area contributed by atoms with Crippen LogP contribution in [-0.2, 0) is 32.4 Å². The predicted octanol–water partition coefficient (Wildman–Crippen LogP) is 5.50. The van der Waals surface area contributed by atoms with Gasteiger partial charge in [-0.25, -0.2) is 8.42 Å². The highest BCUT2D eigenvalue weighted by atomic mass is 35.5. The van der Waals surface area contributed by atoms with Crippen LogP contribution in [0.1, 0.15) is 36.0 Å². The van der Waals surface area contributed by atoms with Gasteiger partial charge in [0, 0.05) is 17.9 Å². The second-order valence-corrected chi connectivity index (χ2v) is 12.2. The number of carbonyl (C=O) groups excluding carboxylic acids is 1. The van der Waals surface area contributed by atoms with Crippen LogP contribution >= 0.6 is 11.6 Å². The number of halogens is 1. The monoisotopic (exact) mass is 541 g/mol. The summed E-state index contributed by atoms with van der Waals surface area (Å²) in [7, 11) is -4.07. The van der Waals surface area contributed by atoms with Gasteiger partial charge in [0.1, 0.15) is 12.4 Å². The van der Waals surface area contributed by atoms with Crippen molar-refractivity contribution in [3.8, 4) is 5.75 Å². The maximum Gasteiger partial charge on any atom is 0.294 e. The first-order valence-corrected chi connectivity index (χ1v) is 14.3. The van der Waals surface area contributed by atoms with Crippen molar-refractivity contribution in [2.24, 2.45) is 5.92 Å². The van der Waals surface area contributed by atoms with Gasteiger partial charge in [-0.05, 0) is 86.3 Å². The van der Waals surface area contributed by atoms with Crippen LogP contribution in [0.15, 0.2) is 77.7 Å². The van der Waals surface area contributed by atoms with E-state index in [1.807, 2.05) is 43.3 Å². The van der Waals surface area contributed by atoms with Crippen LogP contribution in [0.2, 0.25) is 5.02 Å². The van der Waals surface area contributed by atoms with Crippen molar-refractivity contribution < 1.29 is 22.7 Å². The third kappa shape index (κ3) is 6.72. The highest BCUT2D eigenvalue weighted by Gasteiger charge is 2.48. The fraction of sp³-hybridized carbons (Fsp3) is 0.345. The summed E-state index contributed by atoms with van der Waals surface area (Å²) in [6, 6.07) is 21.3. The number of carbonyl (C=O) groups is 1. The van der Waals surface area contributed by atoms with Crippen molar-refractivity contribution in [2.45, 2.75) is 49.0 Å². The molecule has 1 aliphatic rings. The van der Waals surface area contributed by atoms with Crippen LogP contribution in [-0.4, -0.2) is 32.9 Å². The molecule has 8 heteroatoms. The van der Waals surface area contributed by atoms with Crippen LogP contribution in [0.3, 0.4) is 0 Å². The van der Waals surface area contributed by atoms with Gasteiger partial charge in [-0.2, -0.15) is 0 Å². The Balaban J connectivity index is 1.62. The molecule has 0 bridgehead atoms. The first-order chi connectivity index (χ1) is 17.8. The van der Waals surface area contributed by atoms with Crippen molar-refractivity contribution in [1.82, 2.24) is 5.32 Å². The molecule has 1 N–H and O–H groups in total. The zero-order valence-electron chi connectivity index (χ0n) is 20.9. The number of aryl methyl sites for hydroxylation is 1.